The zero-order valence-electron chi connectivity index (χ0n) is 11.5. The van der Waals surface area contributed by atoms with E-state index in [1.165, 1.54) is 0 Å². The van der Waals surface area contributed by atoms with Crippen LogP contribution in [-0.2, 0) is 6.54 Å². The van der Waals surface area contributed by atoms with Gasteiger partial charge in [0.05, 0.1) is 13.7 Å². The Hall–Kier alpha value is -2.55. The predicted octanol–water partition coefficient (Wildman–Crippen LogP) is 3.27. The van der Waals surface area contributed by atoms with Crippen LogP contribution in [0.25, 0.3) is 6.08 Å². The van der Waals surface area contributed by atoms with Gasteiger partial charge in [-0.25, -0.2) is 0 Å². The fourth-order valence-corrected chi connectivity index (χ4v) is 1.75. The zero-order chi connectivity index (χ0) is 14.2. The molecule has 0 aromatic heterocycles. The predicted molar refractivity (Wildman–Crippen MR) is 83.8 cm³/mol. The third-order valence-electron chi connectivity index (χ3n) is 2.82. The number of nitrogens with zero attached hydrogens (tertiary/aromatic N) is 1. The fraction of sp³-hybridized carbons (Fsp3) is 0.118. The quantitative estimate of drug-likeness (QED) is 0.667. The summed E-state index contributed by atoms with van der Waals surface area (Å²) in [5.41, 5.74) is 8.05. The van der Waals surface area contributed by atoms with Gasteiger partial charge < -0.3 is 10.5 Å². The van der Waals surface area contributed by atoms with Crippen molar-refractivity contribution in [1.29, 1.82) is 0 Å². The van der Waals surface area contributed by atoms with Crippen LogP contribution in [0.3, 0.4) is 0 Å². The summed E-state index contributed by atoms with van der Waals surface area (Å²) in [4.78, 5) is 4.34. The Labute approximate surface area is 119 Å². The molecular formula is C17H18N2O. The zero-order valence-corrected chi connectivity index (χ0v) is 11.5. The molecule has 0 radical (unpaired) electrons. The van der Waals surface area contributed by atoms with Crippen LogP contribution < -0.4 is 10.5 Å². The highest BCUT2D eigenvalue weighted by atomic mass is 16.5. The van der Waals surface area contributed by atoms with Gasteiger partial charge in [-0.05, 0) is 29.3 Å². The molecule has 102 valence electrons. The normalized spacial score (nSPS) is 11.8. The summed E-state index contributed by atoms with van der Waals surface area (Å²) in [5, 5.41) is 0. The van der Waals surface area contributed by atoms with E-state index in [1.54, 1.807) is 7.11 Å². The summed E-state index contributed by atoms with van der Waals surface area (Å²) < 4.78 is 5.17. The third-order valence-corrected chi connectivity index (χ3v) is 2.82. The second-order valence-corrected chi connectivity index (χ2v) is 4.34. The molecule has 0 unspecified atom stereocenters. The number of amidine groups is 1. The number of ether oxygens (including phenoxy) is 1. The maximum absolute atomic E-state index is 5.87. The highest BCUT2D eigenvalue weighted by Crippen LogP contribution is 2.13. The van der Waals surface area contributed by atoms with E-state index in [0.717, 1.165) is 16.9 Å². The molecule has 3 heteroatoms. The molecule has 0 amide bonds. The van der Waals surface area contributed by atoms with E-state index in [0.29, 0.717) is 12.4 Å². The molecule has 0 saturated carbocycles. The van der Waals surface area contributed by atoms with Crippen molar-refractivity contribution in [2.24, 2.45) is 10.7 Å². The molecule has 0 atom stereocenters. The SMILES string of the molecule is COc1cccc(CN=C(N)C=Cc2ccccc2)c1. The van der Waals surface area contributed by atoms with Gasteiger partial charge in [-0.15, -0.1) is 0 Å². The summed E-state index contributed by atoms with van der Waals surface area (Å²) in [6.45, 7) is 0.544. The third kappa shape index (κ3) is 4.28. The number of hydrogen-bond acceptors (Lipinski definition) is 2. The fourth-order valence-electron chi connectivity index (χ4n) is 1.75. The first-order valence-electron chi connectivity index (χ1n) is 6.44. The molecule has 0 aliphatic heterocycles. The van der Waals surface area contributed by atoms with Crippen LogP contribution in [0, 0.1) is 0 Å². The van der Waals surface area contributed by atoms with Crippen LogP contribution in [0.2, 0.25) is 0 Å². The molecule has 20 heavy (non-hydrogen) atoms. The summed E-state index contributed by atoms with van der Waals surface area (Å²) >= 11 is 0. The first kappa shape index (κ1) is 13.9. The summed E-state index contributed by atoms with van der Waals surface area (Å²) in [5.74, 6) is 1.34. The molecule has 2 rings (SSSR count). The van der Waals surface area contributed by atoms with Gasteiger partial charge in [0.2, 0.25) is 0 Å². The monoisotopic (exact) mass is 266 g/mol. The molecule has 0 saturated heterocycles. The topological polar surface area (TPSA) is 47.6 Å². The lowest BCUT2D eigenvalue weighted by atomic mass is 10.2. The van der Waals surface area contributed by atoms with Gasteiger partial charge in [-0.1, -0.05) is 48.5 Å². The minimum absolute atomic E-state index is 0.511. The second kappa shape index (κ2) is 7.14. The van der Waals surface area contributed by atoms with E-state index >= 15 is 0 Å². The van der Waals surface area contributed by atoms with Crippen LogP contribution in [0.1, 0.15) is 11.1 Å². The molecule has 0 bridgehead atoms. The Morgan fingerprint density at radius 2 is 1.95 bits per heavy atom. The largest absolute Gasteiger partial charge is 0.497 e. The van der Waals surface area contributed by atoms with Gasteiger partial charge >= 0.3 is 0 Å². The van der Waals surface area contributed by atoms with Crippen molar-refractivity contribution < 1.29 is 4.74 Å². The van der Waals surface area contributed by atoms with Crippen molar-refractivity contribution >= 4 is 11.9 Å². The number of benzene rings is 2. The van der Waals surface area contributed by atoms with Gasteiger partial charge in [0.25, 0.3) is 0 Å². The molecule has 0 spiro atoms. The van der Waals surface area contributed by atoms with Crippen LogP contribution in [-0.4, -0.2) is 12.9 Å². The van der Waals surface area contributed by atoms with E-state index < -0.39 is 0 Å². The number of aliphatic imine (C=N–C) groups is 1. The van der Waals surface area contributed by atoms with Crippen molar-refractivity contribution in [3.05, 3.63) is 71.8 Å². The van der Waals surface area contributed by atoms with Crippen LogP contribution in [0.15, 0.2) is 65.7 Å². The summed E-state index contributed by atoms with van der Waals surface area (Å²) in [6.07, 6.45) is 3.76. The molecule has 0 aliphatic carbocycles. The van der Waals surface area contributed by atoms with Gasteiger partial charge in [0.15, 0.2) is 0 Å². The average Bonchev–Trinajstić information content (AvgIpc) is 2.52. The van der Waals surface area contributed by atoms with Crippen molar-refractivity contribution in [2.75, 3.05) is 7.11 Å². The number of rotatable bonds is 5. The molecule has 3 nitrogen and oxygen atoms in total. The van der Waals surface area contributed by atoms with E-state index in [9.17, 15) is 0 Å². The van der Waals surface area contributed by atoms with Crippen molar-refractivity contribution in [1.82, 2.24) is 0 Å². The molecule has 2 aromatic rings. The summed E-state index contributed by atoms with van der Waals surface area (Å²) in [7, 11) is 1.65. The molecule has 0 fully saturated rings. The Balaban J connectivity index is 1.98. The maximum Gasteiger partial charge on any atom is 0.119 e. The lowest BCUT2D eigenvalue weighted by molar-refractivity contribution is 0.414. The van der Waals surface area contributed by atoms with Crippen LogP contribution in [0.5, 0.6) is 5.75 Å². The average molecular weight is 266 g/mol. The minimum Gasteiger partial charge on any atom is -0.497 e. The molecular weight excluding hydrogens is 248 g/mol. The van der Waals surface area contributed by atoms with Gasteiger partial charge in [0.1, 0.15) is 11.6 Å². The van der Waals surface area contributed by atoms with E-state index in [4.69, 9.17) is 10.5 Å². The number of hydrogen-bond donors (Lipinski definition) is 1. The van der Waals surface area contributed by atoms with E-state index in [2.05, 4.69) is 4.99 Å². The lowest BCUT2D eigenvalue weighted by Gasteiger charge is -2.02. The Kier molecular flexibility index (Phi) is 4.95. The first-order valence-corrected chi connectivity index (χ1v) is 6.44. The standard InChI is InChI=1S/C17H18N2O/c1-20-16-9-5-8-15(12-16)13-19-17(18)11-10-14-6-3-2-4-7-14/h2-12H,13H2,1H3,(H2,18,19). The van der Waals surface area contributed by atoms with Gasteiger partial charge in [-0.2, -0.15) is 0 Å². The molecule has 0 aliphatic rings. The van der Waals surface area contributed by atoms with E-state index in [-0.39, 0.29) is 0 Å². The lowest BCUT2D eigenvalue weighted by Crippen LogP contribution is -2.07. The first-order chi connectivity index (χ1) is 9.78. The number of methoxy groups -OCH3 is 1. The van der Waals surface area contributed by atoms with Gasteiger partial charge in [0, 0.05) is 0 Å². The van der Waals surface area contributed by atoms with Crippen molar-refractivity contribution in [3.8, 4) is 5.75 Å². The minimum atomic E-state index is 0.511. The molecule has 0 heterocycles. The second-order valence-electron chi connectivity index (χ2n) is 4.34. The Morgan fingerprint density at radius 1 is 1.15 bits per heavy atom. The van der Waals surface area contributed by atoms with E-state index in [1.807, 2.05) is 66.7 Å². The molecule has 2 aromatic carbocycles. The Bertz CT molecular complexity index is 603. The highest BCUT2D eigenvalue weighted by Gasteiger charge is 1.94. The van der Waals surface area contributed by atoms with Gasteiger partial charge in [-0.3, -0.25) is 4.99 Å². The number of nitrogens with two attached hydrogens (primary N) is 1. The molecule has 2 N–H and O–H groups in total. The van der Waals surface area contributed by atoms with Crippen LogP contribution in [0.4, 0.5) is 0 Å². The summed E-state index contributed by atoms with van der Waals surface area (Å²) in [6, 6.07) is 17.8. The maximum atomic E-state index is 5.87. The van der Waals surface area contributed by atoms with Crippen molar-refractivity contribution in [3.63, 3.8) is 0 Å². The van der Waals surface area contributed by atoms with Crippen molar-refractivity contribution in [2.45, 2.75) is 6.54 Å². The Morgan fingerprint density at radius 3 is 2.70 bits per heavy atom. The highest BCUT2D eigenvalue weighted by molar-refractivity contribution is 5.95. The van der Waals surface area contributed by atoms with Crippen LogP contribution >= 0.6 is 0 Å². The smallest absolute Gasteiger partial charge is 0.119 e.